The monoisotopic (exact) mass is 404 g/mol. The van der Waals surface area contributed by atoms with Gasteiger partial charge < -0.3 is 20.5 Å². The molecule has 3 aromatic rings. The van der Waals surface area contributed by atoms with Gasteiger partial charge in [-0.15, -0.1) is 0 Å². The number of nitrogens with one attached hydrogen (secondary N) is 3. The van der Waals surface area contributed by atoms with E-state index >= 15 is 0 Å². The average molecular weight is 405 g/mol. The van der Waals surface area contributed by atoms with E-state index in [0.717, 1.165) is 4.70 Å². The molecule has 3 heterocycles. The number of fused-ring (bicyclic) bond motifs is 2. The van der Waals surface area contributed by atoms with Crippen molar-refractivity contribution in [1.29, 1.82) is 0 Å². The maximum absolute atomic E-state index is 12.8. The first-order chi connectivity index (χ1) is 13.0. The van der Waals surface area contributed by atoms with Crippen LogP contribution in [0.4, 0.5) is 5.82 Å². The Morgan fingerprint density at radius 1 is 1.33 bits per heavy atom. The number of carbonyl (C=O) groups excluding carboxylic acids is 3. The minimum absolute atomic E-state index is 0.0454. The summed E-state index contributed by atoms with van der Waals surface area (Å²) in [5.74, 6) is -0.879. The van der Waals surface area contributed by atoms with E-state index < -0.39 is 11.8 Å². The first kappa shape index (κ1) is 17.4. The first-order valence-corrected chi connectivity index (χ1v) is 9.07. The Balaban J connectivity index is 1.71. The van der Waals surface area contributed by atoms with Crippen LogP contribution in [0.15, 0.2) is 18.2 Å². The van der Waals surface area contributed by atoms with E-state index in [1.165, 1.54) is 23.1 Å². The zero-order chi connectivity index (χ0) is 19.1. The van der Waals surface area contributed by atoms with Gasteiger partial charge in [0.15, 0.2) is 5.82 Å². The molecule has 0 spiro atoms. The number of carbonyl (C=O) groups is 3. The average Bonchev–Trinajstić information content (AvgIpc) is 3.22. The minimum Gasteiger partial charge on any atom is -0.352 e. The van der Waals surface area contributed by atoms with Gasteiger partial charge in [0, 0.05) is 17.5 Å². The summed E-state index contributed by atoms with van der Waals surface area (Å²) in [5, 5.41) is 8.99. The molecule has 3 amide bonds. The van der Waals surface area contributed by atoms with Crippen molar-refractivity contribution in [2.45, 2.75) is 13.1 Å². The molecule has 0 saturated carbocycles. The van der Waals surface area contributed by atoms with Crippen LogP contribution in [0.1, 0.15) is 26.8 Å². The molecule has 0 fully saturated rings. The predicted octanol–water partition coefficient (Wildman–Crippen LogP) is 1.39. The standard InChI is InChI=1S/C16H13ClN6O3S/c1-18-16(26)14-20-13(9-5-19-11(24)6-23(9)14)21-15(25)12-8-4-7(17)2-3-10(8)27-22-12/h2-4H,5-6H2,1H3,(H,18,26)(H,19,24)(H,21,25). The van der Waals surface area contributed by atoms with Gasteiger partial charge in [-0.25, -0.2) is 4.98 Å². The second-order valence-electron chi connectivity index (χ2n) is 5.80. The van der Waals surface area contributed by atoms with Crippen LogP contribution in [0.3, 0.4) is 0 Å². The van der Waals surface area contributed by atoms with Crippen molar-refractivity contribution in [2.24, 2.45) is 0 Å². The third kappa shape index (κ3) is 3.02. The Morgan fingerprint density at radius 3 is 2.93 bits per heavy atom. The summed E-state index contributed by atoms with van der Waals surface area (Å²) in [6.07, 6.45) is 0. The molecule has 0 bridgehead atoms. The van der Waals surface area contributed by atoms with Crippen LogP contribution in [0.2, 0.25) is 5.02 Å². The highest BCUT2D eigenvalue weighted by molar-refractivity contribution is 7.13. The molecule has 0 atom stereocenters. The fraction of sp³-hybridized carbons (Fsp3) is 0.188. The van der Waals surface area contributed by atoms with E-state index in [9.17, 15) is 14.4 Å². The Hall–Kier alpha value is -2.98. The lowest BCUT2D eigenvalue weighted by Gasteiger charge is -2.17. The normalized spacial score (nSPS) is 13.2. The van der Waals surface area contributed by atoms with Crippen molar-refractivity contribution in [3.05, 3.63) is 40.4 Å². The maximum Gasteiger partial charge on any atom is 0.287 e. The van der Waals surface area contributed by atoms with Crippen molar-refractivity contribution in [2.75, 3.05) is 12.4 Å². The van der Waals surface area contributed by atoms with Gasteiger partial charge in [0.25, 0.3) is 11.8 Å². The molecule has 2 aromatic heterocycles. The largest absolute Gasteiger partial charge is 0.352 e. The van der Waals surface area contributed by atoms with Gasteiger partial charge >= 0.3 is 0 Å². The van der Waals surface area contributed by atoms with Crippen LogP contribution >= 0.6 is 23.1 Å². The Kier molecular flexibility index (Phi) is 4.28. The van der Waals surface area contributed by atoms with E-state index in [1.807, 2.05) is 0 Å². The van der Waals surface area contributed by atoms with Gasteiger partial charge in [0.05, 0.1) is 16.9 Å². The third-order valence-electron chi connectivity index (χ3n) is 4.14. The Morgan fingerprint density at radius 2 is 2.15 bits per heavy atom. The van der Waals surface area contributed by atoms with Crippen LogP contribution in [0, 0.1) is 0 Å². The smallest absolute Gasteiger partial charge is 0.287 e. The summed E-state index contributed by atoms with van der Waals surface area (Å²) >= 11 is 7.21. The molecule has 1 aromatic carbocycles. The third-order valence-corrected chi connectivity index (χ3v) is 5.20. The number of halogens is 1. The lowest BCUT2D eigenvalue weighted by molar-refractivity contribution is -0.122. The van der Waals surface area contributed by atoms with E-state index in [4.69, 9.17) is 11.6 Å². The second-order valence-corrected chi connectivity index (χ2v) is 7.04. The maximum atomic E-state index is 12.8. The lowest BCUT2D eigenvalue weighted by atomic mass is 10.2. The number of benzene rings is 1. The zero-order valence-electron chi connectivity index (χ0n) is 14.0. The van der Waals surface area contributed by atoms with Gasteiger partial charge in [-0.1, -0.05) is 11.6 Å². The van der Waals surface area contributed by atoms with Crippen LogP contribution < -0.4 is 16.0 Å². The summed E-state index contributed by atoms with van der Waals surface area (Å²) in [5.41, 5.74) is 0.764. The molecule has 27 heavy (non-hydrogen) atoms. The van der Waals surface area contributed by atoms with Crippen LogP contribution in [-0.4, -0.2) is 38.7 Å². The minimum atomic E-state index is -0.468. The van der Waals surface area contributed by atoms with E-state index in [1.54, 1.807) is 18.2 Å². The zero-order valence-corrected chi connectivity index (χ0v) is 15.6. The highest BCUT2D eigenvalue weighted by atomic mass is 35.5. The van der Waals surface area contributed by atoms with Gasteiger partial charge in [0.2, 0.25) is 11.7 Å². The predicted molar refractivity (Wildman–Crippen MR) is 100 cm³/mol. The number of anilines is 1. The van der Waals surface area contributed by atoms with Crippen molar-refractivity contribution in [3.63, 3.8) is 0 Å². The molecule has 0 aliphatic carbocycles. The highest BCUT2D eigenvalue weighted by Gasteiger charge is 2.28. The molecule has 1 aliphatic heterocycles. The number of nitrogens with zero attached hydrogens (tertiary/aromatic N) is 3. The molecule has 0 radical (unpaired) electrons. The molecule has 0 saturated heterocycles. The molecule has 0 unspecified atom stereocenters. The van der Waals surface area contributed by atoms with E-state index in [-0.39, 0.29) is 36.3 Å². The van der Waals surface area contributed by atoms with Gasteiger partial charge in [-0.3, -0.25) is 14.4 Å². The Bertz CT molecular complexity index is 1110. The SMILES string of the molecule is CNC(=O)c1nc(NC(=O)c2nsc3ccc(Cl)cc23)c2n1CC(=O)NC2. The lowest BCUT2D eigenvalue weighted by Crippen LogP contribution is -2.36. The first-order valence-electron chi connectivity index (χ1n) is 7.92. The molecule has 11 heteroatoms. The van der Waals surface area contributed by atoms with Gasteiger partial charge in [-0.05, 0) is 29.7 Å². The van der Waals surface area contributed by atoms with E-state index in [2.05, 4.69) is 25.3 Å². The molecule has 138 valence electrons. The summed E-state index contributed by atoms with van der Waals surface area (Å²) in [6.45, 7) is 0.109. The number of hydrogen-bond acceptors (Lipinski definition) is 6. The van der Waals surface area contributed by atoms with Crippen LogP contribution in [0.25, 0.3) is 10.1 Å². The summed E-state index contributed by atoms with van der Waals surface area (Å²) in [6, 6.07) is 5.20. The summed E-state index contributed by atoms with van der Waals surface area (Å²) < 4.78 is 6.52. The quantitative estimate of drug-likeness (QED) is 0.609. The molecular formula is C16H13ClN6O3S. The summed E-state index contributed by atoms with van der Waals surface area (Å²) in [4.78, 5) is 40.7. The Labute approximate surface area is 161 Å². The second kappa shape index (κ2) is 6.63. The van der Waals surface area contributed by atoms with Gasteiger partial charge in [-0.2, -0.15) is 4.37 Å². The molecule has 3 N–H and O–H groups in total. The number of hydrogen-bond donors (Lipinski definition) is 3. The number of rotatable bonds is 3. The number of aromatic nitrogens is 3. The number of amides is 3. The molecule has 4 rings (SSSR count). The van der Waals surface area contributed by atoms with Crippen molar-refractivity contribution in [1.82, 2.24) is 24.6 Å². The fourth-order valence-corrected chi connectivity index (χ4v) is 3.77. The fourth-order valence-electron chi connectivity index (χ4n) is 2.84. The topological polar surface area (TPSA) is 118 Å². The van der Waals surface area contributed by atoms with Crippen molar-refractivity contribution in [3.8, 4) is 0 Å². The van der Waals surface area contributed by atoms with E-state index in [0.29, 0.717) is 16.1 Å². The number of imidazole rings is 1. The van der Waals surface area contributed by atoms with Crippen molar-refractivity contribution < 1.29 is 14.4 Å². The van der Waals surface area contributed by atoms with Gasteiger partial charge in [0.1, 0.15) is 12.2 Å². The highest BCUT2D eigenvalue weighted by Crippen LogP contribution is 2.27. The van der Waals surface area contributed by atoms with Crippen LogP contribution in [0.5, 0.6) is 0 Å². The summed E-state index contributed by atoms with van der Waals surface area (Å²) in [7, 11) is 1.47. The molecular weight excluding hydrogens is 392 g/mol. The van der Waals surface area contributed by atoms with Crippen molar-refractivity contribution >= 4 is 56.8 Å². The molecule has 1 aliphatic rings. The van der Waals surface area contributed by atoms with Crippen LogP contribution in [-0.2, 0) is 17.9 Å². The molecule has 9 nitrogen and oxygen atoms in total.